The molecule has 0 saturated carbocycles. The normalized spacial score (nSPS) is 13.2. The SMILES string of the molecule is CC(C)CN(CCCN)C(=O)C(C(F)(F)F)C(F)(F)F. The molecule has 0 aliphatic carbocycles. The van der Waals surface area contributed by atoms with E-state index in [0.717, 1.165) is 0 Å². The van der Waals surface area contributed by atoms with Crippen molar-refractivity contribution in [1.82, 2.24) is 4.90 Å². The van der Waals surface area contributed by atoms with Crippen LogP contribution in [0.15, 0.2) is 0 Å². The van der Waals surface area contributed by atoms with Crippen LogP contribution in [0.3, 0.4) is 0 Å². The number of hydrogen-bond donors (Lipinski definition) is 1. The predicted molar refractivity (Wildman–Crippen MR) is 60.7 cm³/mol. The summed E-state index contributed by atoms with van der Waals surface area (Å²) in [6, 6.07) is 0. The molecule has 0 unspecified atom stereocenters. The van der Waals surface area contributed by atoms with Crippen molar-refractivity contribution in [3.8, 4) is 0 Å². The summed E-state index contributed by atoms with van der Waals surface area (Å²) in [5, 5.41) is 0. The van der Waals surface area contributed by atoms with Crippen molar-refractivity contribution in [2.75, 3.05) is 19.6 Å². The molecule has 0 aliphatic rings. The highest BCUT2D eigenvalue weighted by molar-refractivity contribution is 5.80. The Hall–Kier alpha value is -0.990. The van der Waals surface area contributed by atoms with Gasteiger partial charge in [-0.1, -0.05) is 13.8 Å². The molecule has 2 N–H and O–H groups in total. The molecule has 0 aromatic rings. The Morgan fingerprint density at radius 3 is 1.85 bits per heavy atom. The quantitative estimate of drug-likeness (QED) is 0.767. The number of alkyl halides is 6. The second-order valence-electron chi connectivity index (χ2n) is 4.84. The number of carbonyl (C=O) groups is 1. The van der Waals surface area contributed by atoms with Gasteiger partial charge < -0.3 is 10.6 Å². The third-order valence-corrected chi connectivity index (χ3v) is 2.43. The Kier molecular flexibility index (Phi) is 6.79. The summed E-state index contributed by atoms with van der Waals surface area (Å²) in [4.78, 5) is 12.2. The van der Waals surface area contributed by atoms with Crippen molar-refractivity contribution in [1.29, 1.82) is 0 Å². The van der Waals surface area contributed by atoms with E-state index in [9.17, 15) is 31.1 Å². The maximum Gasteiger partial charge on any atom is 0.409 e. The second-order valence-corrected chi connectivity index (χ2v) is 4.84. The number of carbonyl (C=O) groups excluding carboxylic acids is 1. The number of nitrogens with zero attached hydrogens (tertiary/aromatic N) is 1. The molecule has 0 heterocycles. The molecule has 9 heteroatoms. The minimum atomic E-state index is -5.66. The Morgan fingerprint density at radius 1 is 1.10 bits per heavy atom. The van der Waals surface area contributed by atoms with Gasteiger partial charge in [0.05, 0.1) is 0 Å². The monoisotopic (exact) mass is 308 g/mol. The van der Waals surface area contributed by atoms with Gasteiger partial charge in [-0.2, -0.15) is 26.3 Å². The van der Waals surface area contributed by atoms with Crippen molar-refractivity contribution in [2.45, 2.75) is 32.6 Å². The molecule has 0 spiro atoms. The van der Waals surface area contributed by atoms with Crippen LogP contribution in [0.4, 0.5) is 26.3 Å². The minimum Gasteiger partial charge on any atom is -0.342 e. The van der Waals surface area contributed by atoms with Crippen molar-refractivity contribution in [3.63, 3.8) is 0 Å². The molecule has 0 rings (SSSR count). The van der Waals surface area contributed by atoms with Crippen LogP contribution in [0, 0.1) is 11.8 Å². The van der Waals surface area contributed by atoms with Gasteiger partial charge in [0.1, 0.15) is 0 Å². The van der Waals surface area contributed by atoms with Crippen molar-refractivity contribution in [2.24, 2.45) is 17.6 Å². The Bertz CT molecular complexity index is 299. The predicted octanol–water partition coefficient (Wildman–Crippen LogP) is 2.56. The molecule has 0 aromatic heterocycles. The summed E-state index contributed by atoms with van der Waals surface area (Å²) in [6.07, 6.45) is -11.2. The van der Waals surface area contributed by atoms with Gasteiger partial charge in [0, 0.05) is 13.1 Å². The number of amides is 1. The number of rotatable bonds is 6. The molecule has 0 atom stereocenters. The lowest BCUT2D eigenvalue weighted by Crippen LogP contribution is -2.50. The molecule has 20 heavy (non-hydrogen) atoms. The zero-order chi connectivity index (χ0) is 16.1. The van der Waals surface area contributed by atoms with E-state index in [2.05, 4.69) is 0 Å². The highest BCUT2D eigenvalue weighted by atomic mass is 19.4. The van der Waals surface area contributed by atoms with Crippen molar-refractivity contribution in [3.05, 3.63) is 0 Å². The van der Waals surface area contributed by atoms with Gasteiger partial charge in [-0.15, -0.1) is 0 Å². The van der Waals surface area contributed by atoms with Gasteiger partial charge in [-0.25, -0.2) is 0 Å². The molecule has 0 bridgehead atoms. The van der Waals surface area contributed by atoms with E-state index in [-0.39, 0.29) is 32.0 Å². The fraction of sp³-hybridized carbons (Fsp3) is 0.909. The first-order chi connectivity index (χ1) is 8.91. The molecule has 0 aliphatic heterocycles. The van der Waals surface area contributed by atoms with Gasteiger partial charge in [0.15, 0.2) is 0 Å². The summed E-state index contributed by atoms with van der Waals surface area (Å²) < 4.78 is 75.0. The van der Waals surface area contributed by atoms with Gasteiger partial charge >= 0.3 is 12.4 Å². The van der Waals surface area contributed by atoms with Crippen LogP contribution in [0.2, 0.25) is 0 Å². The second kappa shape index (κ2) is 7.14. The smallest absolute Gasteiger partial charge is 0.342 e. The molecule has 3 nitrogen and oxygen atoms in total. The van der Waals surface area contributed by atoms with Crippen molar-refractivity contribution < 1.29 is 31.1 Å². The van der Waals surface area contributed by atoms with E-state index in [1.54, 1.807) is 13.8 Å². The van der Waals surface area contributed by atoms with E-state index in [4.69, 9.17) is 5.73 Å². The summed E-state index contributed by atoms with van der Waals surface area (Å²) in [5.74, 6) is -6.20. The average molecular weight is 308 g/mol. The molecule has 0 fully saturated rings. The lowest BCUT2D eigenvalue weighted by atomic mass is 10.1. The maximum absolute atomic E-state index is 12.5. The van der Waals surface area contributed by atoms with E-state index in [0.29, 0.717) is 4.90 Å². The first-order valence-electron chi connectivity index (χ1n) is 6.03. The largest absolute Gasteiger partial charge is 0.409 e. The van der Waals surface area contributed by atoms with Crippen LogP contribution in [-0.4, -0.2) is 42.8 Å². The lowest BCUT2D eigenvalue weighted by molar-refractivity contribution is -0.277. The zero-order valence-corrected chi connectivity index (χ0v) is 11.2. The average Bonchev–Trinajstić information content (AvgIpc) is 2.19. The van der Waals surface area contributed by atoms with E-state index in [1.807, 2.05) is 0 Å². The number of halogens is 6. The maximum atomic E-state index is 12.5. The lowest BCUT2D eigenvalue weighted by Gasteiger charge is -2.30. The van der Waals surface area contributed by atoms with Crippen LogP contribution in [-0.2, 0) is 4.79 Å². The van der Waals surface area contributed by atoms with Crippen LogP contribution < -0.4 is 5.73 Å². The van der Waals surface area contributed by atoms with E-state index < -0.39 is 24.2 Å². The summed E-state index contributed by atoms with van der Waals surface area (Å²) >= 11 is 0. The summed E-state index contributed by atoms with van der Waals surface area (Å²) in [6.45, 7) is 2.86. The molecule has 0 radical (unpaired) electrons. The van der Waals surface area contributed by atoms with Crippen LogP contribution in [0.5, 0.6) is 0 Å². The fourth-order valence-electron chi connectivity index (χ4n) is 1.66. The molecular weight excluding hydrogens is 290 g/mol. The van der Waals surface area contributed by atoms with E-state index in [1.165, 1.54) is 0 Å². The van der Waals surface area contributed by atoms with Crippen LogP contribution in [0.25, 0.3) is 0 Å². The minimum absolute atomic E-state index is 0.0740. The molecular formula is C11H18F6N2O. The molecule has 0 aromatic carbocycles. The van der Waals surface area contributed by atoms with Gasteiger partial charge in [0.2, 0.25) is 11.8 Å². The van der Waals surface area contributed by atoms with Crippen molar-refractivity contribution >= 4 is 5.91 Å². The first-order valence-corrected chi connectivity index (χ1v) is 6.03. The third kappa shape index (κ3) is 5.98. The number of nitrogens with two attached hydrogens (primary N) is 1. The van der Waals surface area contributed by atoms with E-state index >= 15 is 0 Å². The highest BCUT2D eigenvalue weighted by Gasteiger charge is 2.62. The summed E-state index contributed by atoms with van der Waals surface area (Å²) in [7, 11) is 0. The Balaban J connectivity index is 5.25. The number of hydrogen-bond acceptors (Lipinski definition) is 2. The highest BCUT2D eigenvalue weighted by Crippen LogP contribution is 2.40. The summed E-state index contributed by atoms with van der Waals surface area (Å²) in [5.41, 5.74) is 5.17. The zero-order valence-electron chi connectivity index (χ0n) is 11.2. The van der Waals surface area contributed by atoms with Gasteiger partial charge in [0.25, 0.3) is 0 Å². The van der Waals surface area contributed by atoms with Gasteiger partial charge in [-0.05, 0) is 18.9 Å². The Labute approximate surface area is 113 Å². The van der Waals surface area contributed by atoms with Crippen LogP contribution in [0.1, 0.15) is 20.3 Å². The standard InChI is InChI=1S/C11H18F6N2O/c1-7(2)6-19(5-3-4-18)9(20)8(10(12,13)14)11(15,16)17/h7-8H,3-6,18H2,1-2H3. The molecule has 0 saturated heterocycles. The van der Waals surface area contributed by atoms with Gasteiger partial charge in [-0.3, -0.25) is 4.79 Å². The fourth-order valence-corrected chi connectivity index (χ4v) is 1.66. The van der Waals surface area contributed by atoms with Crippen LogP contribution >= 0.6 is 0 Å². The Morgan fingerprint density at radius 2 is 1.55 bits per heavy atom. The molecule has 1 amide bonds. The molecule has 120 valence electrons. The third-order valence-electron chi connectivity index (χ3n) is 2.43. The topological polar surface area (TPSA) is 46.3 Å². The first kappa shape index (κ1) is 19.0.